The number of aryl methyl sites for hydroxylation is 1. The number of aldehydes is 1. The lowest BCUT2D eigenvalue weighted by Crippen LogP contribution is -2.59. The van der Waals surface area contributed by atoms with Gasteiger partial charge in [0.05, 0.1) is 36.8 Å². The predicted octanol–water partition coefficient (Wildman–Crippen LogP) is 4.72. The Morgan fingerprint density at radius 2 is 1.92 bits per heavy atom. The highest BCUT2D eigenvalue weighted by Gasteiger charge is 2.33. The van der Waals surface area contributed by atoms with Gasteiger partial charge in [-0.25, -0.2) is 9.37 Å². The van der Waals surface area contributed by atoms with Crippen molar-refractivity contribution >= 4 is 41.1 Å². The lowest BCUT2D eigenvalue weighted by atomic mass is 9.98. The molecule has 49 heavy (non-hydrogen) atoms. The smallest absolute Gasteiger partial charge is 0.275 e. The molecule has 11 nitrogen and oxygen atoms in total. The molecule has 0 spiro atoms. The van der Waals surface area contributed by atoms with Gasteiger partial charge in [-0.05, 0) is 60.9 Å². The molecule has 1 N–H and O–H groups in total. The van der Waals surface area contributed by atoms with Crippen molar-refractivity contribution in [2.24, 2.45) is 7.05 Å². The quantitative estimate of drug-likeness (QED) is 0.256. The average molecular weight is 666 g/mol. The third-order valence-electron chi connectivity index (χ3n) is 9.97. The maximum absolute atomic E-state index is 15.3. The van der Waals surface area contributed by atoms with Crippen LogP contribution in [0.1, 0.15) is 46.0 Å². The van der Waals surface area contributed by atoms with Crippen LogP contribution in [-0.2, 0) is 24.8 Å². The van der Waals surface area contributed by atoms with Crippen LogP contribution in [0.25, 0.3) is 17.2 Å². The van der Waals surface area contributed by atoms with Gasteiger partial charge in [-0.3, -0.25) is 19.3 Å². The number of nitrogens with zero attached hydrogens (tertiary/aromatic N) is 6. The highest BCUT2D eigenvalue weighted by molar-refractivity contribution is 6.10. The molecule has 0 saturated carbocycles. The van der Waals surface area contributed by atoms with E-state index in [1.165, 1.54) is 21.6 Å². The molecule has 1 amide bonds. The fourth-order valence-electron chi connectivity index (χ4n) is 7.32. The number of pyridine rings is 2. The number of amides is 1. The number of anilines is 4. The van der Waals surface area contributed by atoms with E-state index in [1.807, 2.05) is 23.6 Å². The van der Waals surface area contributed by atoms with Crippen LogP contribution in [0.5, 0.6) is 0 Å². The number of carbonyl (C=O) groups is 2. The van der Waals surface area contributed by atoms with Gasteiger partial charge in [0.1, 0.15) is 23.0 Å². The number of ether oxygens (including phenoxy) is 1. The van der Waals surface area contributed by atoms with Gasteiger partial charge >= 0.3 is 0 Å². The fourth-order valence-corrected chi connectivity index (χ4v) is 7.32. The molecule has 0 bridgehead atoms. The van der Waals surface area contributed by atoms with Gasteiger partial charge in [-0.1, -0.05) is 19.6 Å². The number of hydrogen-bond acceptors (Lipinski definition) is 8. The monoisotopic (exact) mass is 665 g/mol. The molecular weight excluding hydrogens is 625 g/mol. The van der Waals surface area contributed by atoms with Crippen LogP contribution in [0.15, 0.2) is 60.2 Å². The van der Waals surface area contributed by atoms with Gasteiger partial charge in [-0.15, -0.1) is 0 Å². The first-order valence-corrected chi connectivity index (χ1v) is 16.7. The second-order valence-electron chi connectivity index (χ2n) is 12.9. The number of piperazine rings is 1. The van der Waals surface area contributed by atoms with Crippen molar-refractivity contribution in [3.63, 3.8) is 0 Å². The number of carbonyl (C=O) groups excluding carboxylic acids is 2. The summed E-state index contributed by atoms with van der Waals surface area (Å²) >= 11 is 0. The molecule has 3 aliphatic heterocycles. The van der Waals surface area contributed by atoms with Crippen molar-refractivity contribution in [2.45, 2.75) is 38.9 Å². The van der Waals surface area contributed by atoms with Crippen LogP contribution in [0, 0.1) is 5.82 Å². The van der Waals surface area contributed by atoms with E-state index >= 15 is 4.39 Å². The van der Waals surface area contributed by atoms with Crippen LogP contribution >= 0.6 is 0 Å². The SMILES string of the molecule is C=Cc1cc2n(c1CC)CCN(c1cc(F)cc(-c3cc(Nc4ccc(N5CCN(C6COC6)CC5C)cn4)c(=O)n(C)c3)c1C=O)C2=O. The van der Waals surface area contributed by atoms with Gasteiger partial charge in [-0.2, -0.15) is 0 Å². The zero-order valence-corrected chi connectivity index (χ0v) is 28.0. The first-order valence-electron chi connectivity index (χ1n) is 16.7. The largest absolute Gasteiger partial charge is 0.378 e. The standard InChI is InChI=1S/C37H40FN7O4/c1-5-24-14-34-37(48)45(12-11-44(34)32(24)6-2)33-16-26(38)15-29(30(33)20-46)25-13-31(36(47)41(4)19-25)40-35-8-7-27(17-39-35)43-10-9-42(18-23(43)3)28-21-49-22-28/h5,7-8,13-17,19-20,23,28H,1,6,9-12,18,21-22H2,2-4H3,(H,39,40). The zero-order valence-electron chi connectivity index (χ0n) is 28.0. The Bertz CT molecular complexity index is 2000. The molecule has 3 aliphatic rings. The minimum absolute atomic E-state index is 0.153. The van der Waals surface area contributed by atoms with Crippen LogP contribution in [-0.4, -0.2) is 82.7 Å². The van der Waals surface area contributed by atoms with Crippen LogP contribution in [0.3, 0.4) is 0 Å². The zero-order chi connectivity index (χ0) is 34.4. The summed E-state index contributed by atoms with van der Waals surface area (Å²) in [5.41, 5.74) is 4.28. The van der Waals surface area contributed by atoms with Crippen LogP contribution < -0.4 is 20.7 Å². The molecule has 0 aliphatic carbocycles. The van der Waals surface area contributed by atoms with Gasteiger partial charge in [0.15, 0.2) is 6.29 Å². The summed E-state index contributed by atoms with van der Waals surface area (Å²) in [4.78, 5) is 50.6. The van der Waals surface area contributed by atoms with Crippen molar-refractivity contribution in [1.29, 1.82) is 0 Å². The second kappa shape index (κ2) is 13.1. The van der Waals surface area contributed by atoms with Crippen molar-refractivity contribution < 1.29 is 18.7 Å². The summed E-state index contributed by atoms with van der Waals surface area (Å²) in [6.45, 7) is 13.3. The van der Waals surface area contributed by atoms with E-state index in [4.69, 9.17) is 4.74 Å². The van der Waals surface area contributed by atoms with E-state index in [9.17, 15) is 14.4 Å². The Hall–Kier alpha value is -5.07. The molecule has 254 valence electrons. The number of aromatic nitrogens is 3. The van der Waals surface area contributed by atoms with Gasteiger partial charge in [0, 0.05) is 68.8 Å². The van der Waals surface area contributed by atoms with E-state index in [0.717, 1.165) is 56.2 Å². The third-order valence-corrected chi connectivity index (χ3v) is 9.97. The third kappa shape index (κ3) is 5.84. The van der Waals surface area contributed by atoms with Crippen molar-refractivity contribution in [3.8, 4) is 11.1 Å². The average Bonchev–Trinajstić information content (AvgIpc) is 3.45. The minimum atomic E-state index is -0.609. The molecule has 0 radical (unpaired) electrons. The van der Waals surface area contributed by atoms with Gasteiger partial charge in [0.2, 0.25) is 0 Å². The van der Waals surface area contributed by atoms with Crippen LogP contribution in [0.2, 0.25) is 0 Å². The Labute approximate surface area is 284 Å². The molecule has 12 heteroatoms. The Kier molecular flexibility index (Phi) is 8.68. The Morgan fingerprint density at radius 3 is 2.57 bits per heavy atom. The number of halogens is 1. The summed E-state index contributed by atoms with van der Waals surface area (Å²) in [5.74, 6) is -0.462. The predicted molar refractivity (Wildman–Crippen MR) is 189 cm³/mol. The summed E-state index contributed by atoms with van der Waals surface area (Å²) < 4.78 is 24.0. The summed E-state index contributed by atoms with van der Waals surface area (Å²) in [5, 5.41) is 3.13. The maximum atomic E-state index is 15.3. The maximum Gasteiger partial charge on any atom is 0.275 e. The fraction of sp³-hybridized carbons (Fsp3) is 0.351. The molecule has 2 fully saturated rings. The summed E-state index contributed by atoms with van der Waals surface area (Å²) in [7, 11) is 1.59. The highest BCUT2D eigenvalue weighted by atomic mass is 19.1. The van der Waals surface area contributed by atoms with Crippen molar-refractivity contribution in [1.82, 2.24) is 19.0 Å². The van der Waals surface area contributed by atoms with E-state index in [2.05, 4.69) is 33.6 Å². The lowest BCUT2D eigenvalue weighted by molar-refractivity contribution is -0.0691. The number of rotatable bonds is 9. The van der Waals surface area contributed by atoms with Gasteiger partial charge < -0.3 is 29.0 Å². The van der Waals surface area contributed by atoms with Gasteiger partial charge in [0.25, 0.3) is 11.5 Å². The molecule has 1 unspecified atom stereocenters. The number of fused-ring (bicyclic) bond motifs is 1. The normalized spacial score (nSPS) is 18.3. The molecule has 1 atom stereocenters. The van der Waals surface area contributed by atoms with E-state index < -0.39 is 5.82 Å². The number of nitrogens with one attached hydrogen (secondary N) is 1. The first-order chi connectivity index (χ1) is 23.7. The van der Waals surface area contributed by atoms with E-state index in [0.29, 0.717) is 42.0 Å². The number of hydrogen-bond donors (Lipinski definition) is 1. The van der Waals surface area contributed by atoms with Crippen molar-refractivity contribution in [2.75, 3.05) is 54.5 Å². The minimum Gasteiger partial charge on any atom is -0.378 e. The topological polar surface area (TPSA) is 105 Å². The molecule has 3 aromatic heterocycles. The summed E-state index contributed by atoms with van der Waals surface area (Å²) in [6.07, 6.45) is 6.44. The number of benzene rings is 1. The van der Waals surface area contributed by atoms with Crippen molar-refractivity contribution in [3.05, 3.63) is 94.1 Å². The van der Waals surface area contributed by atoms with E-state index in [-0.39, 0.29) is 40.5 Å². The summed E-state index contributed by atoms with van der Waals surface area (Å²) in [6, 6.07) is 10.5. The molecule has 6 heterocycles. The molecule has 1 aromatic carbocycles. The molecule has 7 rings (SSSR count). The van der Waals surface area contributed by atoms with E-state index in [1.54, 1.807) is 37.7 Å². The molecule has 4 aromatic rings. The second-order valence-corrected chi connectivity index (χ2v) is 12.9. The van der Waals surface area contributed by atoms with Crippen LogP contribution in [0.4, 0.5) is 27.3 Å². The molecular formula is C37H40FN7O4. The molecule has 2 saturated heterocycles. The first kappa shape index (κ1) is 32.5. The highest BCUT2D eigenvalue weighted by Crippen LogP contribution is 2.35. The lowest BCUT2D eigenvalue weighted by Gasteiger charge is -2.46. The Morgan fingerprint density at radius 1 is 1.10 bits per heavy atom. The Balaban J connectivity index is 1.16.